The fourth-order valence-electron chi connectivity index (χ4n) is 3.71. The highest BCUT2D eigenvalue weighted by atomic mass is 32.2. The van der Waals surface area contributed by atoms with Gasteiger partial charge in [0.05, 0.1) is 7.11 Å². The first-order valence-electron chi connectivity index (χ1n) is 8.70. The lowest BCUT2D eigenvalue weighted by Gasteiger charge is -2.21. The van der Waals surface area contributed by atoms with Crippen LogP contribution in [0.3, 0.4) is 0 Å². The molecule has 0 spiro atoms. The van der Waals surface area contributed by atoms with Crippen LogP contribution in [0.2, 0.25) is 0 Å². The predicted octanol–water partition coefficient (Wildman–Crippen LogP) is 3.47. The van der Waals surface area contributed by atoms with Gasteiger partial charge < -0.3 is 15.4 Å². The van der Waals surface area contributed by atoms with E-state index in [0.29, 0.717) is 12.1 Å². The van der Waals surface area contributed by atoms with Crippen molar-refractivity contribution in [3.63, 3.8) is 0 Å². The monoisotopic (exact) mass is 354 g/mol. The molecular formula is C20H22N2O2S. The number of ether oxygens (including phenoxy) is 1. The summed E-state index contributed by atoms with van der Waals surface area (Å²) in [6, 6.07) is 17.1. The SMILES string of the molecule is COc1cccc(Sc2ccc(C(=O)N[C@@H]3C[C@H]4CC[C@@H]3N4)cc2)c1. The number of rotatable bonds is 5. The number of carbonyl (C=O) groups excluding carboxylic acids is 1. The largest absolute Gasteiger partial charge is 0.497 e. The van der Waals surface area contributed by atoms with Crippen LogP contribution in [-0.4, -0.2) is 31.1 Å². The minimum atomic E-state index is 0.0253. The van der Waals surface area contributed by atoms with Gasteiger partial charge >= 0.3 is 0 Å². The maximum atomic E-state index is 12.5. The molecule has 4 rings (SSSR count). The summed E-state index contributed by atoms with van der Waals surface area (Å²) in [4.78, 5) is 14.7. The summed E-state index contributed by atoms with van der Waals surface area (Å²) in [6.45, 7) is 0. The molecule has 0 radical (unpaired) electrons. The highest BCUT2D eigenvalue weighted by molar-refractivity contribution is 7.99. The summed E-state index contributed by atoms with van der Waals surface area (Å²) in [7, 11) is 1.67. The zero-order valence-corrected chi connectivity index (χ0v) is 15.0. The number of hydrogen-bond acceptors (Lipinski definition) is 4. The Hall–Kier alpha value is -1.98. The van der Waals surface area contributed by atoms with E-state index in [9.17, 15) is 4.79 Å². The highest BCUT2D eigenvalue weighted by Crippen LogP contribution is 2.31. The lowest BCUT2D eigenvalue weighted by atomic mass is 9.95. The number of methoxy groups -OCH3 is 1. The lowest BCUT2D eigenvalue weighted by molar-refractivity contribution is 0.0931. The smallest absolute Gasteiger partial charge is 0.251 e. The normalized spacial score (nSPS) is 24.3. The van der Waals surface area contributed by atoms with Gasteiger partial charge in [-0.2, -0.15) is 0 Å². The first-order valence-corrected chi connectivity index (χ1v) is 9.52. The zero-order chi connectivity index (χ0) is 17.2. The summed E-state index contributed by atoms with van der Waals surface area (Å²) in [5.74, 6) is 0.873. The third-order valence-electron chi connectivity index (χ3n) is 5.01. The first-order chi connectivity index (χ1) is 12.2. The van der Waals surface area contributed by atoms with E-state index in [-0.39, 0.29) is 11.9 Å². The van der Waals surface area contributed by atoms with E-state index >= 15 is 0 Å². The molecule has 2 saturated heterocycles. The van der Waals surface area contributed by atoms with Crippen LogP contribution in [0.5, 0.6) is 5.75 Å². The Balaban J connectivity index is 1.38. The molecule has 2 aromatic rings. The molecule has 0 aromatic heterocycles. The van der Waals surface area contributed by atoms with Crippen molar-refractivity contribution < 1.29 is 9.53 Å². The molecule has 2 heterocycles. The third kappa shape index (κ3) is 3.67. The molecule has 0 unspecified atom stereocenters. The van der Waals surface area contributed by atoms with Gasteiger partial charge in [-0.05, 0) is 61.7 Å². The molecule has 0 saturated carbocycles. The molecule has 0 aliphatic carbocycles. The Morgan fingerprint density at radius 1 is 1.16 bits per heavy atom. The summed E-state index contributed by atoms with van der Waals surface area (Å²) < 4.78 is 5.26. The Kier molecular flexibility index (Phi) is 4.68. The van der Waals surface area contributed by atoms with Crippen LogP contribution in [0.25, 0.3) is 0 Å². The van der Waals surface area contributed by atoms with Crippen molar-refractivity contribution in [1.29, 1.82) is 0 Å². The number of hydrogen-bond donors (Lipinski definition) is 2. The first kappa shape index (κ1) is 16.5. The van der Waals surface area contributed by atoms with Gasteiger partial charge in [0.15, 0.2) is 0 Å². The van der Waals surface area contributed by atoms with E-state index in [1.165, 1.54) is 12.8 Å². The zero-order valence-electron chi connectivity index (χ0n) is 14.2. The maximum Gasteiger partial charge on any atom is 0.251 e. The van der Waals surface area contributed by atoms with Gasteiger partial charge in [-0.15, -0.1) is 0 Å². The Bertz CT molecular complexity index is 763. The molecule has 2 aromatic carbocycles. The van der Waals surface area contributed by atoms with Crippen LogP contribution in [0.4, 0.5) is 0 Å². The number of nitrogens with one attached hydrogen (secondary N) is 2. The van der Waals surface area contributed by atoms with E-state index in [4.69, 9.17) is 4.74 Å². The topological polar surface area (TPSA) is 50.4 Å². The molecule has 4 nitrogen and oxygen atoms in total. The lowest BCUT2D eigenvalue weighted by Crippen LogP contribution is -2.42. The van der Waals surface area contributed by atoms with Crippen molar-refractivity contribution in [2.24, 2.45) is 0 Å². The number of fused-ring (bicyclic) bond motifs is 2. The molecule has 2 bridgehead atoms. The summed E-state index contributed by atoms with van der Waals surface area (Å²) in [6.07, 6.45) is 3.47. The van der Waals surface area contributed by atoms with Crippen LogP contribution in [0.15, 0.2) is 58.3 Å². The van der Waals surface area contributed by atoms with Gasteiger partial charge in [-0.3, -0.25) is 4.79 Å². The van der Waals surface area contributed by atoms with Crippen LogP contribution in [0.1, 0.15) is 29.6 Å². The van der Waals surface area contributed by atoms with E-state index in [0.717, 1.165) is 27.5 Å². The van der Waals surface area contributed by atoms with Gasteiger partial charge in [0.1, 0.15) is 5.75 Å². The average molecular weight is 354 g/mol. The Morgan fingerprint density at radius 2 is 2.00 bits per heavy atom. The van der Waals surface area contributed by atoms with Crippen molar-refractivity contribution in [3.8, 4) is 5.75 Å². The molecule has 25 heavy (non-hydrogen) atoms. The molecular weight excluding hydrogens is 332 g/mol. The molecule has 1 amide bonds. The number of amides is 1. The quantitative estimate of drug-likeness (QED) is 0.863. The van der Waals surface area contributed by atoms with Gasteiger partial charge in [0, 0.05) is 33.5 Å². The van der Waals surface area contributed by atoms with Crippen molar-refractivity contribution in [2.75, 3.05) is 7.11 Å². The molecule has 2 aliphatic rings. The second-order valence-electron chi connectivity index (χ2n) is 6.67. The van der Waals surface area contributed by atoms with Gasteiger partial charge in [-0.25, -0.2) is 0 Å². The second kappa shape index (κ2) is 7.10. The van der Waals surface area contributed by atoms with Crippen LogP contribution in [0, 0.1) is 0 Å². The third-order valence-corrected chi connectivity index (χ3v) is 6.01. The van der Waals surface area contributed by atoms with Crippen molar-refractivity contribution >= 4 is 17.7 Å². The van der Waals surface area contributed by atoms with Crippen LogP contribution < -0.4 is 15.4 Å². The summed E-state index contributed by atoms with van der Waals surface area (Å²) >= 11 is 1.66. The van der Waals surface area contributed by atoms with E-state index < -0.39 is 0 Å². The molecule has 5 heteroatoms. The van der Waals surface area contributed by atoms with E-state index in [2.05, 4.69) is 16.7 Å². The molecule has 2 aliphatic heterocycles. The minimum absolute atomic E-state index is 0.0253. The number of benzene rings is 2. The van der Waals surface area contributed by atoms with Crippen molar-refractivity contribution in [3.05, 3.63) is 54.1 Å². The highest BCUT2D eigenvalue weighted by Gasteiger charge is 2.39. The van der Waals surface area contributed by atoms with Gasteiger partial charge in [0.2, 0.25) is 0 Å². The average Bonchev–Trinajstić information content (AvgIpc) is 3.25. The summed E-state index contributed by atoms with van der Waals surface area (Å²) in [5, 5.41) is 6.74. The predicted molar refractivity (Wildman–Crippen MR) is 99.4 cm³/mol. The minimum Gasteiger partial charge on any atom is -0.497 e. The fourth-order valence-corrected chi connectivity index (χ4v) is 4.58. The summed E-state index contributed by atoms with van der Waals surface area (Å²) in [5.41, 5.74) is 0.720. The van der Waals surface area contributed by atoms with E-state index in [1.54, 1.807) is 18.9 Å². The molecule has 130 valence electrons. The maximum absolute atomic E-state index is 12.5. The van der Waals surface area contributed by atoms with Gasteiger partial charge in [-0.1, -0.05) is 17.8 Å². The Labute approximate surface area is 152 Å². The molecule has 2 N–H and O–H groups in total. The van der Waals surface area contributed by atoms with Crippen LogP contribution in [-0.2, 0) is 0 Å². The Morgan fingerprint density at radius 3 is 2.68 bits per heavy atom. The number of carbonyl (C=O) groups is 1. The second-order valence-corrected chi connectivity index (χ2v) is 7.82. The van der Waals surface area contributed by atoms with E-state index in [1.807, 2.05) is 42.5 Å². The molecule has 2 fully saturated rings. The van der Waals surface area contributed by atoms with Crippen molar-refractivity contribution in [1.82, 2.24) is 10.6 Å². The standard InChI is InChI=1S/C20H22N2O2S/c1-24-15-3-2-4-17(12-15)25-16-8-5-13(6-9-16)20(23)22-19-11-14-7-10-18(19)21-14/h2-6,8-9,12,14,18-19,21H,7,10-11H2,1H3,(H,22,23)/t14-,18+,19-/m1/s1. The van der Waals surface area contributed by atoms with Crippen LogP contribution >= 0.6 is 11.8 Å². The van der Waals surface area contributed by atoms with Crippen molar-refractivity contribution in [2.45, 2.75) is 47.2 Å². The van der Waals surface area contributed by atoms with Gasteiger partial charge in [0.25, 0.3) is 5.91 Å². The fraction of sp³-hybridized carbons (Fsp3) is 0.350. The molecule has 3 atom stereocenters.